The van der Waals surface area contributed by atoms with E-state index in [1.165, 1.54) is 10.7 Å². The zero-order chi connectivity index (χ0) is 25.9. The highest BCUT2D eigenvalue weighted by Crippen LogP contribution is 2.34. The SMILES string of the molecule is CC(C)(C)OC(=O)N1CCC(N(c2ccc(C(=O)NC3CCCCC3)c3ccccc23)S(=O)[O-])CC1. The first kappa shape index (κ1) is 26.4. The van der Waals surface area contributed by atoms with Crippen molar-refractivity contribution in [3.8, 4) is 0 Å². The van der Waals surface area contributed by atoms with Crippen LogP contribution in [0.5, 0.6) is 0 Å². The maximum atomic E-state index is 13.1. The summed E-state index contributed by atoms with van der Waals surface area (Å²) in [5.74, 6) is -0.120. The topological polar surface area (TPSA) is 102 Å². The summed E-state index contributed by atoms with van der Waals surface area (Å²) >= 11 is -2.52. The maximum absolute atomic E-state index is 13.1. The standard InChI is InChI=1S/C27H37N3O5S/c1-27(2,3)35-26(32)29-17-15-20(16-18-29)30(36(33)34)24-14-13-23(21-11-7-8-12-22(21)24)25(31)28-19-9-5-4-6-10-19/h7-8,11-14,19-20H,4-6,9-10,15-18H2,1-3H3,(H,28,31)(H,33,34)/p-1. The van der Waals surface area contributed by atoms with Crippen molar-refractivity contribution in [2.45, 2.75) is 83.4 Å². The number of amides is 2. The number of hydrogen-bond donors (Lipinski definition) is 1. The Kier molecular flexibility index (Phi) is 8.20. The molecule has 0 radical (unpaired) electrons. The Hall–Kier alpha value is -2.65. The van der Waals surface area contributed by atoms with E-state index in [0.717, 1.165) is 31.1 Å². The number of carbonyl (C=O) groups excluding carboxylic acids is 2. The molecule has 0 bridgehead atoms. The maximum Gasteiger partial charge on any atom is 0.410 e. The van der Waals surface area contributed by atoms with E-state index in [-0.39, 0.29) is 24.1 Å². The van der Waals surface area contributed by atoms with E-state index in [4.69, 9.17) is 4.74 Å². The van der Waals surface area contributed by atoms with E-state index < -0.39 is 16.9 Å². The van der Waals surface area contributed by atoms with Crippen molar-refractivity contribution in [1.29, 1.82) is 0 Å². The first-order valence-electron chi connectivity index (χ1n) is 12.8. The summed E-state index contributed by atoms with van der Waals surface area (Å²) < 4.78 is 31.8. The lowest BCUT2D eigenvalue weighted by Crippen LogP contribution is -2.48. The molecule has 2 aromatic rings. The van der Waals surface area contributed by atoms with Gasteiger partial charge in [0.05, 0.1) is 5.69 Å². The number of nitrogens with one attached hydrogen (secondary N) is 1. The molecule has 1 N–H and O–H groups in total. The molecule has 2 aromatic carbocycles. The van der Waals surface area contributed by atoms with Gasteiger partial charge in [-0.3, -0.25) is 13.3 Å². The first-order chi connectivity index (χ1) is 17.1. The molecule has 1 saturated heterocycles. The lowest BCUT2D eigenvalue weighted by Gasteiger charge is -2.40. The fourth-order valence-electron chi connectivity index (χ4n) is 5.19. The normalized spacial score (nSPS) is 18.6. The Morgan fingerprint density at radius 1 is 1.00 bits per heavy atom. The van der Waals surface area contributed by atoms with Gasteiger partial charge < -0.3 is 19.5 Å². The number of carbonyl (C=O) groups is 2. The van der Waals surface area contributed by atoms with Crippen molar-refractivity contribution in [3.05, 3.63) is 42.0 Å². The van der Waals surface area contributed by atoms with Crippen LogP contribution in [0.2, 0.25) is 0 Å². The Bertz CT molecular complexity index is 1120. The van der Waals surface area contributed by atoms with Gasteiger partial charge in [-0.1, -0.05) is 43.5 Å². The van der Waals surface area contributed by atoms with Gasteiger partial charge in [-0.2, -0.15) is 0 Å². The first-order valence-corrected chi connectivity index (χ1v) is 13.9. The molecule has 196 valence electrons. The molecule has 1 unspecified atom stereocenters. The number of ether oxygens (including phenoxy) is 1. The second-order valence-corrected chi connectivity index (χ2v) is 11.6. The molecule has 1 atom stereocenters. The molecule has 9 heteroatoms. The molecule has 1 saturated carbocycles. The summed E-state index contributed by atoms with van der Waals surface area (Å²) in [6, 6.07) is 10.8. The van der Waals surface area contributed by atoms with E-state index in [0.29, 0.717) is 42.6 Å². The van der Waals surface area contributed by atoms with E-state index in [9.17, 15) is 18.4 Å². The number of piperidine rings is 1. The highest BCUT2D eigenvalue weighted by atomic mass is 32.2. The second-order valence-electron chi connectivity index (χ2n) is 10.7. The van der Waals surface area contributed by atoms with Crippen LogP contribution in [-0.2, 0) is 16.0 Å². The molecule has 1 heterocycles. The summed E-state index contributed by atoms with van der Waals surface area (Å²) in [6.07, 6.45) is 6.05. The highest BCUT2D eigenvalue weighted by Gasteiger charge is 2.31. The van der Waals surface area contributed by atoms with Gasteiger partial charge in [0.25, 0.3) is 5.91 Å². The lowest BCUT2D eigenvalue weighted by molar-refractivity contribution is 0.0207. The third-order valence-electron chi connectivity index (χ3n) is 6.93. The van der Waals surface area contributed by atoms with Gasteiger partial charge in [-0.15, -0.1) is 0 Å². The van der Waals surface area contributed by atoms with Gasteiger partial charge in [-0.05, 0) is 64.0 Å². The fourth-order valence-corrected chi connectivity index (χ4v) is 5.97. The minimum atomic E-state index is -2.52. The van der Waals surface area contributed by atoms with Crippen LogP contribution in [0.15, 0.2) is 36.4 Å². The lowest BCUT2D eigenvalue weighted by atomic mass is 9.94. The average Bonchev–Trinajstić information content (AvgIpc) is 2.84. The molecule has 1 aliphatic heterocycles. The Labute approximate surface area is 215 Å². The molecule has 8 nitrogen and oxygen atoms in total. The van der Waals surface area contributed by atoms with Crippen LogP contribution in [0.25, 0.3) is 10.8 Å². The molecule has 0 aromatic heterocycles. The third-order valence-corrected chi connectivity index (χ3v) is 7.75. The van der Waals surface area contributed by atoms with E-state index in [2.05, 4.69) is 5.32 Å². The molecule has 1 aliphatic carbocycles. The summed E-state index contributed by atoms with van der Waals surface area (Å²) in [4.78, 5) is 27.2. The summed E-state index contributed by atoms with van der Waals surface area (Å²) in [5.41, 5.74) is 0.514. The van der Waals surface area contributed by atoms with Crippen LogP contribution in [-0.4, -0.2) is 56.4 Å². The van der Waals surface area contributed by atoms with Crippen molar-refractivity contribution in [1.82, 2.24) is 10.2 Å². The number of rotatable bonds is 5. The monoisotopic (exact) mass is 514 g/mol. The van der Waals surface area contributed by atoms with Crippen molar-refractivity contribution in [2.75, 3.05) is 17.4 Å². The van der Waals surface area contributed by atoms with Crippen molar-refractivity contribution < 1.29 is 23.1 Å². The van der Waals surface area contributed by atoms with E-state index >= 15 is 0 Å². The molecule has 2 fully saturated rings. The fraction of sp³-hybridized carbons (Fsp3) is 0.556. The summed E-state index contributed by atoms with van der Waals surface area (Å²) in [6.45, 7) is 6.29. The molecular weight excluding hydrogens is 478 g/mol. The third kappa shape index (κ3) is 6.18. The molecule has 2 amide bonds. The molecule has 2 aliphatic rings. The Balaban J connectivity index is 1.56. The zero-order valence-corrected chi connectivity index (χ0v) is 22.1. The predicted molar refractivity (Wildman–Crippen MR) is 141 cm³/mol. The summed E-state index contributed by atoms with van der Waals surface area (Å²) in [7, 11) is 0. The number of likely N-dealkylation sites (tertiary alicyclic amines) is 1. The van der Waals surface area contributed by atoms with E-state index in [1.807, 2.05) is 45.0 Å². The van der Waals surface area contributed by atoms with Crippen LogP contribution < -0.4 is 9.62 Å². The van der Waals surface area contributed by atoms with Crippen LogP contribution in [0.3, 0.4) is 0 Å². The van der Waals surface area contributed by atoms with Crippen LogP contribution in [0.4, 0.5) is 10.5 Å². The second kappa shape index (κ2) is 11.2. The van der Waals surface area contributed by atoms with Crippen molar-refractivity contribution >= 4 is 39.7 Å². The molecular formula is C27H36N3O5S-. The quantitative estimate of drug-likeness (QED) is 0.572. The van der Waals surface area contributed by atoms with Crippen LogP contribution >= 0.6 is 0 Å². The Morgan fingerprint density at radius 2 is 1.64 bits per heavy atom. The average molecular weight is 515 g/mol. The Morgan fingerprint density at radius 3 is 2.25 bits per heavy atom. The van der Waals surface area contributed by atoms with Gasteiger partial charge in [0.15, 0.2) is 0 Å². The van der Waals surface area contributed by atoms with Crippen molar-refractivity contribution in [2.24, 2.45) is 0 Å². The number of benzene rings is 2. The molecule has 36 heavy (non-hydrogen) atoms. The number of anilines is 1. The molecule has 0 spiro atoms. The smallest absolute Gasteiger partial charge is 0.410 e. The predicted octanol–water partition coefficient (Wildman–Crippen LogP) is 4.90. The van der Waals surface area contributed by atoms with Crippen LogP contribution in [0, 0.1) is 0 Å². The van der Waals surface area contributed by atoms with Crippen LogP contribution in [0.1, 0.15) is 76.1 Å². The van der Waals surface area contributed by atoms with Gasteiger partial charge in [-0.25, -0.2) is 4.79 Å². The zero-order valence-electron chi connectivity index (χ0n) is 21.3. The number of fused-ring (bicyclic) bond motifs is 1. The van der Waals surface area contributed by atoms with E-state index in [1.54, 1.807) is 17.0 Å². The van der Waals surface area contributed by atoms with Gasteiger partial charge in [0.2, 0.25) is 0 Å². The highest BCUT2D eigenvalue weighted by molar-refractivity contribution is 7.80. The minimum absolute atomic E-state index is 0.120. The minimum Gasteiger partial charge on any atom is -0.755 e. The van der Waals surface area contributed by atoms with Gasteiger partial charge >= 0.3 is 6.09 Å². The van der Waals surface area contributed by atoms with Crippen molar-refractivity contribution in [3.63, 3.8) is 0 Å². The molecule has 4 rings (SSSR count). The van der Waals surface area contributed by atoms with Gasteiger partial charge in [0, 0.05) is 47.4 Å². The largest absolute Gasteiger partial charge is 0.755 e. The number of hydrogen-bond acceptors (Lipinski definition) is 5. The summed E-state index contributed by atoms with van der Waals surface area (Å²) in [5, 5.41) is 4.61. The van der Waals surface area contributed by atoms with Gasteiger partial charge in [0.1, 0.15) is 5.60 Å². The number of nitrogens with zero attached hydrogens (tertiary/aromatic N) is 2.